The van der Waals surface area contributed by atoms with Gasteiger partial charge in [0.15, 0.2) is 0 Å². The molecule has 122 valence electrons. The molecule has 0 fully saturated rings. The molecule has 2 aromatic rings. The highest BCUT2D eigenvalue weighted by atomic mass is 32.2. The Hall–Kier alpha value is -2.48. The second kappa shape index (κ2) is 7.68. The third-order valence-corrected chi connectivity index (χ3v) is 3.76. The number of methoxy groups -OCH3 is 1. The van der Waals surface area contributed by atoms with Gasteiger partial charge in [-0.2, -0.15) is 0 Å². The molecule has 7 nitrogen and oxygen atoms in total. The Balaban J connectivity index is 1.89. The minimum absolute atomic E-state index is 0.138. The third kappa shape index (κ3) is 4.49. The summed E-state index contributed by atoms with van der Waals surface area (Å²) in [5.74, 6) is -0.501. The van der Waals surface area contributed by atoms with E-state index in [-0.39, 0.29) is 23.9 Å². The fraction of sp³-hybridized carbons (Fsp3) is 0.267. The fourth-order valence-corrected chi connectivity index (χ4v) is 2.32. The van der Waals surface area contributed by atoms with Crippen LogP contribution in [-0.2, 0) is 11.8 Å². The quantitative estimate of drug-likeness (QED) is 0.782. The van der Waals surface area contributed by atoms with E-state index in [1.54, 1.807) is 18.8 Å². The Morgan fingerprint density at radius 3 is 2.61 bits per heavy atom. The summed E-state index contributed by atoms with van der Waals surface area (Å²) in [6.07, 6.45) is 3.52. The number of hydrogen-bond donors (Lipinski definition) is 2. The van der Waals surface area contributed by atoms with Gasteiger partial charge in [0.2, 0.25) is 11.8 Å². The van der Waals surface area contributed by atoms with Crippen LogP contribution >= 0.6 is 11.8 Å². The fourth-order valence-electron chi connectivity index (χ4n) is 1.91. The number of nitrogens with one attached hydrogen (secondary N) is 2. The lowest BCUT2D eigenvalue weighted by Crippen LogP contribution is -2.32. The number of rotatable bonds is 6. The van der Waals surface area contributed by atoms with E-state index in [2.05, 4.69) is 15.7 Å². The molecule has 0 atom stereocenters. The van der Waals surface area contributed by atoms with Gasteiger partial charge in [0.1, 0.15) is 5.56 Å². The average molecular weight is 334 g/mol. The van der Waals surface area contributed by atoms with Gasteiger partial charge in [-0.05, 0) is 30.5 Å². The zero-order valence-electron chi connectivity index (χ0n) is 13.1. The molecule has 0 aliphatic rings. The van der Waals surface area contributed by atoms with Crippen molar-refractivity contribution < 1.29 is 14.3 Å². The van der Waals surface area contributed by atoms with Crippen LogP contribution in [0.2, 0.25) is 0 Å². The molecule has 0 unspecified atom stereocenters. The first kappa shape index (κ1) is 16.9. The number of amides is 2. The van der Waals surface area contributed by atoms with E-state index in [1.807, 2.05) is 30.5 Å². The normalized spacial score (nSPS) is 10.2. The predicted molar refractivity (Wildman–Crippen MR) is 88.9 cm³/mol. The van der Waals surface area contributed by atoms with Crippen molar-refractivity contribution in [3.8, 4) is 5.88 Å². The van der Waals surface area contributed by atoms with E-state index in [9.17, 15) is 9.59 Å². The van der Waals surface area contributed by atoms with Crippen LogP contribution in [0.5, 0.6) is 5.88 Å². The van der Waals surface area contributed by atoms with Crippen molar-refractivity contribution in [2.75, 3.05) is 25.2 Å². The van der Waals surface area contributed by atoms with Gasteiger partial charge in [-0.1, -0.05) is 0 Å². The molecule has 2 amide bonds. The molecule has 1 aromatic heterocycles. The molecule has 2 N–H and O–H groups in total. The van der Waals surface area contributed by atoms with Crippen molar-refractivity contribution in [2.24, 2.45) is 7.05 Å². The first-order chi connectivity index (χ1) is 11.0. The average Bonchev–Trinajstić information content (AvgIpc) is 2.94. The molecule has 0 bridgehead atoms. The number of hydrogen-bond acceptors (Lipinski definition) is 5. The molecule has 0 aliphatic heterocycles. The molecule has 8 heteroatoms. The Bertz CT molecular complexity index is 697. The Morgan fingerprint density at radius 2 is 2.00 bits per heavy atom. The van der Waals surface area contributed by atoms with Gasteiger partial charge < -0.3 is 15.4 Å². The molecular formula is C15H18N4O3S. The topological polar surface area (TPSA) is 85.2 Å². The van der Waals surface area contributed by atoms with Crippen LogP contribution in [0.15, 0.2) is 35.4 Å². The van der Waals surface area contributed by atoms with Crippen LogP contribution in [0, 0.1) is 0 Å². The Kier molecular flexibility index (Phi) is 5.64. The zero-order chi connectivity index (χ0) is 16.8. The minimum atomic E-state index is -0.414. The second-order valence-electron chi connectivity index (χ2n) is 4.69. The molecule has 0 saturated carbocycles. The number of thioether (sulfide) groups is 1. The maximum Gasteiger partial charge on any atom is 0.258 e. The molecule has 23 heavy (non-hydrogen) atoms. The maximum atomic E-state index is 12.1. The number of aryl methyl sites for hydroxylation is 1. The van der Waals surface area contributed by atoms with Gasteiger partial charge in [-0.3, -0.25) is 14.3 Å². The predicted octanol–water partition coefficient (Wildman–Crippen LogP) is 1.52. The SMILES string of the molecule is COc1nn(C)cc1C(=O)NCC(=O)Nc1ccc(SC)cc1. The van der Waals surface area contributed by atoms with E-state index in [4.69, 9.17) is 4.74 Å². The smallest absolute Gasteiger partial charge is 0.258 e. The molecule has 0 spiro atoms. The van der Waals surface area contributed by atoms with Crippen LogP contribution in [0.4, 0.5) is 5.69 Å². The zero-order valence-corrected chi connectivity index (χ0v) is 13.9. The summed E-state index contributed by atoms with van der Waals surface area (Å²) in [5.41, 5.74) is 0.966. The maximum absolute atomic E-state index is 12.1. The first-order valence-corrected chi connectivity index (χ1v) is 8.05. The van der Waals surface area contributed by atoms with Crippen LogP contribution < -0.4 is 15.4 Å². The summed E-state index contributed by atoms with van der Waals surface area (Å²) in [7, 11) is 3.12. The highest BCUT2D eigenvalue weighted by Gasteiger charge is 2.16. The lowest BCUT2D eigenvalue weighted by atomic mass is 10.3. The van der Waals surface area contributed by atoms with Crippen molar-refractivity contribution in [2.45, 2.75) is 4.90 Å². The standard InChI is InChI=1S/C15H18N4O3S/c1-19-9-12(15(18-19)22-2)14(21)16-8-13(20)17-10-4-6-11(23-3)7-5-10/h4-7,9H,8H2,1-3H3,(H,16,21)(H,17,20). The third-order valence-electron chi connectivity index (χ3n) is 3.02. The lowest BCUT2D eigenvalue weighted by molar-refractivity contribution is -0.115. The van der Waals surface area contributed by atoms with Crippen LogP contribution in [0.1, 0.15) is 10.4 Å². The lowest BCUT2D eigenvalue weighted by Gasteiger charge is -2.07. The van der Waals surface area contributed by atoms with Crippen molar-refractivity contribution in [1.82, 2.24) is 15.1 Å². The summed E-state index contributed by atoms with van der Waals surface area (Å²) in [6, 6.07) is 7.46. The van der Waals surface area contributed by atoms with Crippen LogP contribution in [-0.4, -0.2) is 41.5 Å². The summed E-state index contributed by atoms with van der Waals surface area (Å²) in [4.78, 5) is 25.0. The highest BCUT2D eigenvalue weighted by molar-refractivity contribution is 7.98. The van der Waals surface area contributed by atoms with E-state index < -0.39 is 5.91 Å². The number of benzene rings is 1. The molecule has 1 heterocycles. The first-order valence-electron chi connectivity index (χ1n) is 6.83. The largest absolute Gasteiger partial charge is 0.479 e. The van der Waals surface area contributed by atoms with Gasteiger partial charge in [0.25, 0.3) is 5.91 Å². The Morgan fingerprint density at radius 1 is 1.30 bits per heavy atom. The number of carbonyl (C=O) groups excluding carboxylic acids is 2. The highest BCUT2D eigenvalue weighted by Crippen LogP contribution is 2.17. The van der Waals surface area contributed by atoms with Gasteiger partial charge in [-0.15, -0.1) is 16.9 Å². The summed E-state index contributed by atoms with van der Waals surface area (Å²) >= 11 is 1.62. The monoisotopic (exact) mass is 334 g/mol. The number of anilines is 1. The van der Waals surface area contributed by atoms with Gasteiger partial charge in [0.05, 0.1) is 13.7 Å². The summed E-state index contributed by atoms with van der Waals surface area (Å²) in [6.45, 7) is -0.138. The molecule has 0 saturated heterocycles. The van der Waals surface area contributed by atoms with Crippen molar-refractivity contribution in [1.29, 1.82) is 0 Å². The molecule has 0 radical (unpaired) electrons. The summed E-state index contributed by atoms with van der Waals surface area (Å²) in [5, 5.41) is 9.25. The van der Waals surface area contributed by atoms with Crippen LogP contribution in [0.3, 0.4) is 0 Å². The minimum Gasteiger partial charge on any atom is -0.479 e. The number of carbonyl (C=O) groups is 2. The van der Waals surface area contributed by atoms with Gasteiger partial charge in [0, 0.05) is 23.8 Å². The van der Waals surface area contributed by atoms with E-state index in [1.165, 1.54) is 18.0 Å². The summed E-state index contributed by atoms with van der Waals surface area (Å²) < 4.78 is 6.49. The van der Waals surface area contributed by atoms with E-state index in [0.717, 1.165) is 4.90 Å². The number of aromatic nitrogens is 2. The number of ether oxygens (including phenoxy) is 1. The second-order valence-corrected chi connectivity index (χ2v) is 5.56. The van der Waals surface area contributed by atoms with Gasteiger partial charge in [-0.25, -0.2) is 0 Å². The molecule has 1 aromatic carbocycles. The molecule has 0 aliphatic carbocycles. The Labute approximate surface area is 138 Å². The van der Waals surface area contributed by atoms with E-state index in [0.29, 0.717) is 5.69 Å². The van der Waals surface area contributed by atoms with Crippen molar-refractivity contribution in [3.05, 3.63) is 36.0 Å². The van der Waals surface area contributed by atoms with Crippen LogP contribution in [0.25, 0.3) is 0 Å². The number of nitrogens with zero attached hydrogens (tertiary/aromatic N) is 2. The van der Waals surface area contributed by atoms with Crippen molar-refractivity contribution in [3.63, 3.8) is 0 Å². The van der Waals surface area contributed by atoms with Crippen molar-refractivity contribution >= 4 is 29.3 Å². The van der Waals surface area contributed by atoms with E-state index >= 15 is 0 Å². The molecular weight excluding hydrogens is 316 g/mol. The molecule has 2 rings (SSSR count). The van der Waals surface area contributed by atoms with Gasteiger partial charge >= 0.3 is 0 Å².